The summed E-state index contributed by atoms with van der Waals surface area (Å²) in [5.41, 5.74) is 8.02. The van der Waals surface area contributed by atoms with Crippen molar-refractivity contribution >= 4 is 17.0 Å². The first kappa shape index (κ1) is 18.1. The number of nitrogens with zero attached hydrogens (tertiary/aromatic N) is 6. The number of halogens is 1. The van der Waals surface area contributed by atoms with Crippen LogP contribution in [0, 0.1) is 11.3 Å². The molecule has 0 radical (unpaired) electrons. The summed E-state index contributed by atoms with van der Waals surface area (Å²) in [5, 5.41) is 9.19. The van der Waals surface area contributed by atoms with E-state index in [-0.39, 0.29) is 0 Å². The number of alkyl halides is 1. The molecule has 28 heavy (non-hydrogen) atoms. The molecule has 3 aromatic rings. The molecule has 0 saturated carbocycles. The minimum atomic E-state index is -1.01. The van der Waals surface area contributed by atoms with Crippen LogP contribution < -0.4 is 15.4 Å². The monoisotopic (exact) mass is 381 g/mol. The van der Waals surface area contributed by atoms with Gasteiger partial charge in [0.15, 0.2) is 5.75 Å². The number of hydrogen-bond acceptors (Lipinski definition) is 7. The first-order valence-electron chi connectivity index (χ1n) is 8.99. The third kappa shape index (κ3) is 3.34. The molecule has 1 fully saturated rings. The van der Waals surface area contributed by atoms with Crippen LogP contribution in [0.1, 0.15) is 17.8 Å². The normalized spacial score (nSPS) is 19.6. The first-order valence-corrected chi connectivity index (χ1v) is 8.99. The Balaban J connectivity index is 1.76. The number of rotatable bonds is 4. The molecule has 3 heterocycles. The van der Waals surface area contributed by atoms with E-state index in [0.717, 1.165) is 5.52 Å². The second kappa shape index (κ2) is 7.40. The summed E-state index contributed by atoms with van der Waals surface area (Å²) < 4.78 is 20.9. The van der Waals surface area contributed by atoms with Crippen molar-refractivity contribution in [2.75, 3.05) is 25.1 Å². The Hall–Kier alpha value is -3.25. The van der Waals surface area contributed by atoms with Crippen LogP contribution in [0.2, 0.25) is 0 Å². The van der Waals surface area contributed by atoms with Gasteiger partial charge in [-0.1, -0.05) is 0 Å². The van der Waals surface area contributed by atoms with Gasteiger partial charge in [-0.2, -0.15) is 5.26 Å². The lowest BCUT2D eigenvalue weighted by atomic mass is 10.1. The highest BCUT2D eigenvalue weighted by atomic mass is 19.1. The van der Waals surface area contributed by atoms with Gasteiger partial charge in [-0.05, 0) is 24.6 Å². The summed E-state index contributed by atoms with van der Waals surface area (Å²) in [7, 11) is 1.56. The summed E-state index contributed by atoms with van der Waals surface area (Å²) in [6.45, 7) is 1.28. The van der Waals surface area contributed by atoms with Gasteiger partial charge in [-0.15, -0.1) is 0 Å². The molecule has 0 spiro atoms. The molecule has 9 heteroatoms. The van der Waals surface area contributed by atoms with Crippen molar-refractivity contribution in [2.24, 2.45) is 5.73 Å². The number of ether oxygens (including phenoxy) is 1. The Labute approximate surface area is 161 Å². The Morgan fingerprint density at radius 1 is 1.36 bits per heavy atom. The minimum absolute atomic E-state index is 0.354. The number of aromatic nitrogens is 4. The van der Waals surface area contributed by atoms with Gasteiger partial charge < -0.3 is 19.9 Å². The van der Waals surface area contributed by atoms with Crippen LogP contribution in [-0.4, -0.2) is 51.9 Å². The third-order valence-corrected chi connectivity index (χ3v) is 4.93. The van der Waals surface area contributed by atoms with Gasteiger partial charge in [0.1, 0.15) is 12.0 Å². The highest BCUT2D eigenvalue weighted by Crippen LogP contribution is 2.27. The number of methoxy groups -OCH3 is 1. The molecule has 1 aromatic carbocycles. The summed E-state index contributed by atoms with van der Waals surface area (Å²) in [6, 6.07) is 6.92. The molecule has 0 unspecified atom stereocenters. The maximum atomic E-state index is 13.8. The van der Waals surface area contributed by atoms with Crippen molar-refractivity contribution < 1.29 is 9.13 Å². The highest BCUT2D eigenvalue weighted by Gasteiger charge is 2.29. The second-order valence-corrected chi connectivity index (χ2v) is 6.77. The van der Waals surface area contributed by atoms with E-state index >= 15 is 0 Å². The first-order chi connectivity index (χ1) is 13.6. The fourth-order valence-electron chi connectivity index (χ4n) is 3.39. The predicted molar refractivity (Wildman–Crippen MR) is 102 cm³/mol. The number of piperidine rings is 1. The van der Waals surface area contributed by atoms with Gasteiger partial charge in [-0.3, -0.25) is 0 Å². The van der Waals surface area contributed by atoms with Crippen molar-refractivity contribution in [3.63, 3.8) is 0 Å². The molecule has 0 amide bonds. The number of nitriles is 1. The van der Waals surface area contributed by atoms with Crippen LogP contribution in [0.5, 0.6) is 5.75 Å². The fraction of sp³-hybridized carbons (Fsp3) is 0.368. The molecular formula is C19H20FN7O. The number of nitrogens with two attached hydrogens (primary N) is 1. The van der Waals surface area contributed by atoms with Crippen LogP contribution in [0.3, 0.4) is 0 Å². The lowest BCUT2D eigenvalue weighted by molar-refractivity contribution is 0.243. The summed E-state index contributed by atoms with van der Waals surface area (Å²) >= 11 is 0. The van der Waals surface area contributed by atoms with E-state index in [2.05, 4.69) is 16.0 Å². The molecule has 1 aliphatic rings. The Kier molecular flexibility index (Phi) is 4.79. The molecule has 144 valence electrons. The standard InChI is InChI=1S/C19H20FN7O/c1-28-13-8-23-18(24-9-13)11-27-17-3-2-12(7-21)6-16(17)25-19(27)26-5-4-14(20)15(22)10-26/h2-3,6,8-9,14-15H,4-5,10-11,22H2,1H3/t14-,15-/m1/s1. The second-order valence-electron chi connectivity index (χ2n) is 6.77. The van der Waals surface area contributed by atoms with E-state index in [9.17, 15) is 9.65 Å². The number of fused-ring (bicyclic) bond motifs is 1. The van der Waals surface area contributed by atoms with Crippen molar-refractivity contribution in [1.82, 2.24) is 19.5 Å². The van der Waals surface area contributed by atoms with Gasteiger partial charge in [0.2, 0.25) is 5.95 Å². The molecule has 1 aliphatic heterocycles. The molecule has 1 saturated heterocycles. The zero-order valence-corrected chi connectivity index (χ0v) is 15.4. The zero-order valence-electron chi connectivity index (χ0n) is 15.4. The molecule has 2 N–H and O–H groups in total. The molecule has 4 rings (SSSR count). The summed E-state index contributed by atoms with van der Waals surface area (Å²) in [6.07, 6.45) is 2.57. The van der Waals surface area contributed by atoms with Crippen molar-refractivity contribution in [3.05, 3.63) is 42.0 Å². The highest BCUT2D eigenvalue weighted by molar-refractivity contribution is 5.80. The van der Waals surface area contributed by atoms with E-state index < -0.39 is 12.2 Å². The van der Waals surface area contributed by atoms with Gasteiger partial charge in [0.25, 0.3) is 0 Å². The summed E-state index contributed by atoms with van der Waals surface area (Å²) in [4.78, 5) is 15.4. The van der Waals surface area contributed by atoms with Crippen LogP contribution >= 0.6 is 0 Å². The van der Waals surface area contributed by atoms with Crippen LogP contribution in [0.15, 0.2) is 30.6 Å². The van der Waals surface area contributed by atoms with Crippen LogP contribution in [0.4, 0.5) is 10.3 Å². The van der Waals surface area contributed by atoms with Gasteiger partial charge in [0, 0.05) is 13.1 Å². The van der Waals surface area contributed by atoms with E-state index in [1.165, 1.54) is 0 Å². The van der Waals surface area contributed by atoms with Crippen LogP contribution in [-0.2, 0) is 6.54 Å². The average Bonchev–Trinajstić information content (AvgIpc) is 3.08. The van der Waals surface area contributed by atoms with Gasteiger partial charge >= 0.3 is 0 Å². The Morgan fingerprint density at radius 3 is 2.82 bits per heavy atom. The number of benzene rings is 1. The number of hydrogen-bond donors (Lipinski definition) is 1. The maximum absolute atomic E-state index is 13.8. The lowest BCUT2D eigenvalue weighted by Crippen LogP contribution is -2.50. The summed E-state index contributed by atoms with van der Waals surface area (Å²) in [5.74, 6) is 1.84. The van der Waals surface area contributed by atoms with Crippen LogP contribution in [0.25, 0.3) is 11.0 Å². The predicted octanol–water partition coefficient (Wildman–Crippen LogP) is 1.63. The molecule has 8 nitrogen and oxygen atoms in total. The molecule has 0 aliphatic carbocycles. The minimum Gasteiger partial charge on any atom is -0.494 e. The van der Waals surface area contributed by atoms with Gasteiger partial charge in [0.05, 0.1) is 54.8 Å². The number of anilines is 1. The maximum Gasteiger partial charge on any atom is 0.207 e. The fourth-order valence-corrected chi connectivity index (χ4v) is 3.39. The van der Waals surface area contributed by atoms with E-state index in [1.54, 1.807) is 31.6 Å². The van der Waals surface area contributed by atoms with E-state index in [0.29, 0.717) is 54.7 Å². The quantitative estimate of drug-likeness (QED) is 0.732. The largest absolute Gasteiger partial charge is 0.494 e. The third-order valence-electron chi connectivity index (χ3n) is 4.93. The van der Waals surface area contributed by atoms with Crippen molar-refractivity contribution in [1.29, 1.82) is 5.26 Å². The van der Waals surface area contributed by atoms with E-state index in [1.807, 2.05) is 15.5 Å². The van der Waals surface area contributed by atoms with Crippen molar-refractivity contribution in [2.45, 2.75) is 25.2 Å². The SMILES string of the molecule is COc1cnc(Cn2c(N3CC[C@@H](F)[C@H](N)C3)nc3cc(C#N)ccc32)nc1. The average molecular weight is 381 g/mol. The zero-order chi connectivity index (χ0) is 19.7. The molecular weight excluding hydrogens is 361 g/mol. The molecule has 2 aromatic heterocycles. The Bertz CT molecular complexity index is 1030. The lowest BCUT2D eigenvalue weighted by Gasteiger charge is -2.34. The number of imidazole rings is 1. The Morgan fingerprint density at radius 2 is 2.14 bits per heavy atom. The smallest absolute Gasteiger partial charge is 0.207 e. The van der Waals surface area contributed by atoms with E-state index in [4.69, 9.17) is 15.5 Å². The topological polar surface area (TPSA) is 106 Å². The van der Waals surface area contributed by atoms with Gasteiger partial charge in [-0.25, -0.2) is 19.3 Å². The molecule has 0 bridgehead atoms. The van der Waals surface area contributed by atoms with Crippen molar-refractivity contribution in [3.8, 4) is 11.8 Å². The molecule has 2 atom stereocenters.